The number of ether oxygens (including phenoxy) is 1. The van der Waals surface area contributed by atoms with Crippen molar-refractivity contribution in [3.05, 3.63) is 83.6 Å². The van der Waals surface area contributed by atoms with Crippen molar-refractivity contribution in [1.29, 1.82) is 5.26 Å². The van der Waals surface area contributed by atoms with Crippen LogP contribution in [-0.4, -0.2) is 34.2 Å². The molecule has 0 saturated heterocycles. The lowest BCUT2D eigenvalue weighted by Crippen LogP contribution is -2.26. The Kier molecular flexibility index (Phi) is 5.08. The van der Waals surface area contributed by atoms with Crippen molar-refractivity contribution in [2.45, 2.75) is 25.5 Å². The smallest absolute Gasteiger partial charge is 0.254 e. The Labute approximate surface area is 186 Å². The van der Waals surface area contributed by atoms with Crippen LogP contribution in [0.15, 0.2) is 66.9 Å². The molecule has 0 bridgehead atoms. The van der Waals surface area contributed by atoms with Gasteiger partial charge in [0.15, 0.2) is 0 Å². The van der Waals surface area contributed by atoms with Crippen LogP contribution in [0.4, 0.5) is 0 Å². The highest BCUT2D eigenvalue weighted by Crippen LogP contribution is 2.36. The Morgan fingerprint density at radius 1 is 1.19 bits per heavy atom. The highest BCUT2D eigenvalue weighted by atomic mass is 16.5. The van der Waals surface area contributed by atoms with Crippen LogP contribution in [0.1, 0.15) is 34.3 Å². The number of carbonyl (C=O) groups excluding carboxylic acids is 1. The topological polar surface area (TPSA) is 82.0 Å². The zero-order chi connectivity index (χ0) is 22.1. The first-order valence-electron chi connectivity index (χ1n) is 10.6. The third kappa shape index (κ3) is 3.93. The number of nitrogens with one attached hydrogen (secondary N) is 1. The van der Waals surface area contributed by atoms with Gasteiger partial charge < -0.3 is 9.64 Å². The van der Waals surface area contributed by atoms with Gasteiger partial charge in [0.25, 0.3) is 5.91 Å². The van der Waals surface area contributed by atoms with Gasteiger partial charge in [-0.05, 0) is 54.3 Å². The molecule has 1 N–H and O–H groups in total. The summed E-state index contributed by atoms with van der Waals surface area (Å²) in [5, 5.41) is 17.4. The minimum atomic E-state index is -0.0838. The molecule has 0 aliphatic heterocycles. The van der Waals surface area contributed by atoms with Crippen molar-refractivity contribution in [1.82, 2.24) is 15.1 Å². The molecule has 6 nitrogen and oxygen atoms in total. The maximum Gasteiger partial charge on any atom is 0.254 e. The molecule has 0 radical (unpaired) electrons. The standard InChI is InChI=1S/C26H22N4O2/c1-30(16-21-7-3-6-20-15-28-29-25(20)21)26(31)19-8-11-23(24(13-19)32-22-9-10-22)18-5-2-4-17(12-18)14-27/h2-8,11-13,15,22H,9-10,16H2,1H3,(H,28,29). The summed E-state index contributed by atoms with van der Waals surface area (Å²) < 4.78 is 6.15. The summed E-state index contributed by atoms with van der Waals surface area (Å²) >= 11 is 0. The third-order valence-electron chi connectivity index (χ3n) is 5.67. The van der Waals surface area contributed by atoms with Crippen LogP contribution >= 0.6 is 0 Å². The maximum atomic E-state index is 13.2. The number of rotatable bonds is 6. The van der Waals surface area contributed by atoms with Gasteiger partial charge in [-0.1, -0.05) is 30.3 Å². The number of H-pyrrole nitrogens is 1. The largest absolute Gasteiger partial charge is 0.490 e. The molecule has 4 aromatic rings. The highest BCUT2D eigenvalue weighted by Gasteiger charge is 2.26. The number of para-hydroxylation sites is 1. The van der Waals surface area contributed by atoms with Gasteiger partial charge in [0.2, 0.25) is 0 Å². The molecule has 0 atom stereocenters. The fourth-order valence-corrected chi connectivity index (χ4v) is 3.82. The summed E-state index contributed by atoms with van der Waals surface area (Å²) in [4.78, 5) is 14.9. The first-order valence-corrected chi connectivity index (χ1v) is 10.6. The molecule has 6 heteroatoms. The summed E-state index contributed by atoms with van der Waals surface area (Å²) in [6.07, 6.45) is 4.00. The molecule has 1 saturated carbocycles. The summed E-state index contributed by atoms with van der Waals surface area (Å²) in [5.41, 5.74) is 4.90. The van der Waals surface area contributed by atoms with E-state index in [4.69, 9.17) is 4.74 Å². The number of fused-ring (bicyclic) bond motifs is 1. The Bertz CT molecular complexity index is 1350. The van der Waals surface area contributed by atoms with Gasteiger partial charge in [-0.3, -0.25) is 9.89 Å². The molecule has 1 amide bonds. The van der Waals surface area contributed by atoms with E-state index in [-0.39, 0.29) is 12.0 Å². The first kappa shape index (κ1) is 19.8. The summed E-state index contributed by atoms with van der Waals surface area (Å²) in [6.45, 7) is 0.461. The van der Waals surface area contributed by atoms with Crippen molar-refractivity contribution in [2.75, 3.05) is 7.05 Å². The van der Waals surface area contributed by atoms with Gasteiger partial charge >= 0.3 is 0 Å². The number of hydrogen-bond donors (Lipinski definition) is 1. The zero-order valence-corrected chi connectivity index (χ0v) is 17.7. The average molecular weight is 422 g/mol. The van der Waals surface area contributed by atoms with Crippen LogP contribution in [0.3, 0.4) is 0 Å². The summed E-state index contributed by atoms with van der Waals surface area (Å²) in [6, 6.07) is 21.1. The molecule has 1 aromatic heterocycles. The Morgan fingerprint density at radius 2 is 2.03 bits per heavy atom. The molecule has 5 rings (SSSR count). The first-order chi connectivity index (χ1) is 15.6. The SMILES string of the molecule is CN(Cc1cccc2cn[nH]c12)C(=O)c1ccc(-c2cccc(C#N)c2)c(OC2CC2)c1. The molecule has 1 heterocycles. The van der Waals surface area contributed by atoms with Crippen LogP contribution in [0, 0.1) is 11.3 Å². The van der Waals surface area contributed by atoms with Crippen LogP contribution in [0.2, 0.25) is 0 Å². The molecular weight excluding hydrogens is 400 g/mol. The summed E-state index contributed by atoms with van der Waals surface area (Å²) in [5.74, 6) is 0.594. The number of nitriles is 1. The minimum absolute atomic E-state index is 0.0838. The molecule has 3 aromatic carbocycles. The van der Waals surface area contributed by atoms with Gasteiger partial charge in [-0.15, -0.1) is 0 Å². The number of aromatic nitrogens is 2. The normalized spacial score (nSPS) is 13.0. The second kappa shape index (κ2) is 8.20. The highest BCUT2D eigenvalue weighted by molar-refractivity contribution is 5.96. The van der Waals surface area contributed by atoms with Crippen molar-refractivity contribution in [3.8, 4) is 22.9 Å². The molecule has 158 valence electrons. The van der Waals surface area contributed by atoms with Crippen LogP contribution < -0.4 is 4.74 Å². The molecule has 32 heavy (non-hydrogen) atoms. The van der Waals surface area contributed by atoms with Gasteiger partial charge in [-0.25, -0.2) is 0 Å². The van der Waals surface area contributed by atoms with Crippen molar-refractivity contribution in [3.63, 3.8) is 0 Å². The fraction of sp³-hybridized carbons (Fsp3) is 0.192. The van der Waals surface area contributed by atoms with E-state index >= 15 is 0 Å². The van der Waals surface area contributed by atoms with Crippen LogP contribution in [0.25, 0.3) is 22.0 Å². The summed E-state index contributed by atoms with van der Waals surface area (Å²) in [7, 11) is 1.79. The fourth-order valence-electron chi connectivity index (χ4n) is 3.82. The van der Waals surface area contributed by atoms with E-state index in [2.05, 4.69) is 16.3 Å². The van der Waals surface area contributed by atoms with Gasteiger partial charge in [0.1, 0.15) is 5.75 Å². The molecule has 0 spiro atoms. The lowest BCUT2D eigenvalue weighted by molar-refractivity contribution is 0.0785. The van der Waals surface area contributed by atoms with E-state index in [0.717, 1.165) is 40.4 Å². The Balaban J connectivity index is 1.44. The molecule has 1 fully saturated rings. The quantitative estimate of drug-likeness (QED) is 0.478. The van der Waals surface area contributed by atoms with Crippen molar-refractivity contribution < 1.29 is 9.53 Å². The molecule has 1 aliphatic rings. The van der Waals surface area contributed by atoms with E-state index in [1.807, 2.05) is 54.6 Å². The number of hydrogen-bond acceptors (Lipinski definition) is 4. The number of amides is 1. The van der Waals surface area contributed by atoms with Gasteiger partial charge in [0.05, 0.1) is 29.5 Å². The third-order valence-corrected chi connectivity index (χ3v) is 5.67. The van der Waals surface area contributed by atoms with E-state index < -0.39 is 0 Å². The maximum absolute atomic E-state index is 13.2. The molecule has 0 unspecified atom stereocenters. The minimum Gasteiger partial charge on any atom is -0.490 e. The van der Waals surface area contributed by atoms with E-state index in [0.29, 0.717) is 23.4 Å². The lowest BCUT2D eigenvalue weighted by Gasteiger charge is -2.19. The van der Waals surface area contributed by atoms with Crippen molar-refractivity contribution >= 4 is 16.8 Å². The predicted molar refractivity (Wildman–Crippen MR) is 122 cm³/mol. The number of aromatic amines is 1. The molecule has 1 aliphatic carbocycles. The Hall–Kier alpha value is -4.11. The Morgan fingerprint density at radius 3 is 2.84 bits per heavy atom. The van der Waals surface area contributed by atoms with Gasteiger partial charge in [-0.2, -0.15) is 10.4 Å². The number of nitrogens with zero attached hydrogens (tertiary/aromatic N) is 3. The number of carbonyl (C=O) groups is 1. The monoisotopic (exact) mass is 422 g/mol. The molecular formula is C26H22N4O2. The predicted octanol–water partition coefficient (Wildman–Crippen LogP) is 4.91. The second-order valence-electron chi connectivity index (χ2n) is 8.13. The van der Waals surface area contributed by atoms with Crippen LogP contribution in [-0.2, 0) is 6.54 Å². The van der Waals surface area contributed by atoms with Gasteiger partial charge in [0, 0.05) is 30.1 Å². The van der Waals surface area contributed by atoms with E-state index in [1.54, 1.807) is 24.2 Å². The number of benzene rings is 3. The second-order valence-corrected chi connectivity index (χ2v) is 8.13. The van der Waals surface area contributed by atoms with E-state index in [1.165, 1.54) is 0 Å². The van der Waals surface area contributed by atoms with E-state index in [9.17, 15) is 10.1 Å². The zero-order valence-electron chi connectivity index (χ0n) is 17.7. The van der Waals surface area contributed by atoms with Crippen LogP contribution in [0.5, 0.6) is 5.75 Å². The van der Waals surface area contributed by atoms with Crippen molar-refractivity contribution in [2.24, 2.45) is 0 Å². The lowest BCUT2D eigenvalue weighted by atomic mass is 10.00. The average Bonchev–Trinajstić information content (AvgIpc) is 3.50.